The molecule has 0 saturated carbocycles. The molecular formula is C19H22N2O5S. The lowest BCUT2D eigenvalue weighted by Gasteiger charge is -2.38. The van der Waals surface area contributed by atoms with E-state index in [4.69, 9.17) is 9.94 Å². The molecule has 2 N–H and O–H groups in total. The van der Waals surface area contributed by atoms with Gasteiger partial charge in [-0.15, -0.1) is 0 Å². The minimum atomic E-state index is -4.00. The van der Waals surface area contributed by atoms with Crippen LogP contribution in [0.15, 0.2) is 59.5 Å². The first-order chi connectivity index (χ1) is 12.9. The van der Waals surface area contributed by atoms with Crippen molar-refractivity contribution in [3.63, 3.8) is 0 Å². The summed E-state index contributed by atoms with van der Waals surface area (Å²) in [6.45, 7) is 0.893. The predicted octanol–water partition coefficient (Wildman–Crippen LogP) is 2.22. The average molecular weight is 390 g/mol. The fraction of sp³-hybridized carbons (Fsp3) is 0.316. The van der Waals surface area contributed by atoms with Crippen molar-refractivity contribution in [2.75, 3.05) is 20.1 Å². The Kier molecular flexibility index (Phi) is 5.50. The first-order valence-corrected chi connectivity index (χ1v) is 10.1. The molecule has 2 aromatic carbocycles. The summed E-state index contributed by atoms with van der Waals surface area (Å²) >= 11 is 0. The number of hydrogen-bond donors (Lipinski definition) is 2. The number of carbonyl (C=O) groups excluding carboxylic acids is 1. The highest BCUT2D eigenvalue weighted by Gasteiger charge is 2.52. The highest BCUT2D eigenvalue weighted by Crippen LogP contribution is 2.36. The number of nitrogens with zero attached hydrogens (tertiary/aromatic N) is 1. The maximum absolute atomic E-state index is 13.3. The van der Waals surface area contributed by atoms with Gasteiger partial charge in [-0.3, -0.25) is 10.0 Å². The summed E-state index contributed by atoms with van der Waals surface area (Å²) < 4.78 is 30.5. The van der Waals surface area contributed by atoms with E-state index in [-0.39, 0.29) is 17.7 Å². The number of piperidine rings is 1. The van der Waals surface area contributed by atoms with Crippen molar-refractivity contribution in [1.29, 1.82) is 0 Å². The van der Waals surface area contributed by atoms with Gasteiger partial charge in [0.25, 0.3) is 5.91 Å². The Labute approximate surface area is 158 Å². The number of para-hydroxylation sites is 1. The molecule has 1 saturated heterocycles. The Balaban J connectivity index is 1.89. The molecule has 144 valence electrons. The smallest absolute Gasteiger partial charge is 0.265 e. The molecule has 1 fully saturated rings. The van der Waals surface area contributed by atoms with Gasteiger partial charge >= 0.3 is 0 Å². The van der Waals surface area contributed by atoms with E-state index in [2.05, 4.69) is 0 Å². The molecule has 0 radical (unpaired) electrons. The van der Waals surface area contributed by atoms with E-state index in [1.54, 1.807) is 29.7 Å². The summed E-state index contributed by atoms with van der Waals surface area (Å²) in [5, 5.41) is 9.14. The number of ether oxygens (including phenoxy) is 1. The number of likely N-dealkylation sites (tertiary alicyclic amines) is 1. The number of sulfone groups is 1. The molecule has 1 amide bonds. The van der Waals surface area contributed by atoms with E-state index in [9.17, 15) is 13.2 Å². The van der Waals surface area contributed by atoms with Gasteiger partial charge in [0, 0.05) is 0 Å². The fourth-order valence-electron chi connectivity index (χ4n) is 3.24. The number of carbonyl (C=O) groups is 1. The van der Waals surface area contributed by atoms with Crippen molar-refractivity contribution in [2.45, 2.75) is 22.5 Å². The second-order valence-corrected chi connectivity index (χ2v) is 8.89. The zero-order chi connectivity index (χ0) is 19.5. The van der Waals surface area contributed by atoms with E-state index in [1.807, 2.05) is 30.1 Å². The highest BCUT2D eigenvalue weighted by atomic mass is 32.2. The molecule has 0 unspecified atom stereocenters. The summed E-state index contributed by atoms with van der Waals surface area (Å²) in [5.41, 5.74) is 1.55. The number of hydroxylamine groups is 1. The largest absolute Gasteiger partial charge is 0.457 e. The van der Waals surface area contributed by atoms with Gasteiger partial charge < -0.3 is 9.64 Å². The van der Waals surface area contributed by atoms with E-state index < -0.39 is 20.5 Å². The van der Waals surface area contributed by atoms with Crippen LogP contribution in [-0.4, -0.2) is 49.3 Å². The number of hydrogen-bond acceptors (Lipinski definition) is 6. The molecule has 1 aliphatic rings. The van der Waals surface area contributed by atoms with Gasteiger partial charge in [-0.25, -0.2) is 13.9 Å². The van der Waals surface area contributed by atoms with Gasteiger partial charge in [0.2, 0.25) is 0 Å². The summed E-state index contributed by atoms with van der Waals surface area (Å²) in [4.78, 5) is 14.3. The molecule has 27 heavy (non-hydrogen) atoms. The molecule has 8 heteroatoms. The van der Waals surface area contributed by atoms with Crippen LogP contribution >= 0.6 is 0 Å². The lowest BCUT2D eigenvalue weighted by atomic mass is 9.95. The van der Waals surface area contributed by atoms with E-state index >= 15 is 0 Å². The van der Waals surface area contributed by atoms with Gasteiger partial charge in [0.15, 0.2) is 14.6 Å². The van der Waals surface area contributed by atoms with Crippen molar-refractivity contribution in [3.8, 4) is 11.5 Å². The van der Waals surface area contributed by atoms with Crippen molar-refractivity contribution in [2.24, 2.45) is 0 Å². The summed E-state index contributed by atoms with van der Waals surface area (Å²) in [6, 6.07) is 15.1. The lowest BCUT2D eigenvalue weighted by molar-refractivity contribution is -0.133. The molecule has 0 aliphatic carbocycles. The Morgan fingerprint density at radius 1 is 1.04 bits per heavy atom. The fourth-order valence-corrected chi connectivity index (χ4v) is 5.19. The number of rotatable bonds is 5. The van der Waals surface area contributed by atoms with Gasteiger partial charge in [-0.2, -0.15) is 0 Å². The summed E-state index contributed by atoms with van der Waals surface area (Å²) in [5.74, 6) is 0.240. The molecule has 7 nitrogen and oxygen atoms in total. The van der Waals surface area contributed by atoms with Crippen LogP contribution in [-0.2, 0) is 14.6 Å². The minimum absolute atomic E-state index is 0.0241. The van der Waals surface area contributed by atoms with Gasteiger partial charge in [0.1, 0.15) is 11.5 Å². The van der Waals surface area contributed by atoms with Gasteiger partial charge in [-0.05, 0) is 69.4 Å². The maximum Gasteiger partial charge on any atom is 0.265 e. The predicted molar refractivity (Wildman–Crippen MR) is 99.5 cm³/mol. The van der Waals surface area contributed by atoms with E-state index in [0.717, 1.165) is 0 Å². The lowest BCUT2D eigenvalue weighted by Crippen LogP contribution is -2.57. The van der Waals surface area contributed by atoms with Crippen LogP contribution in [0.3, 0.4) is 0 Å². The molecule has 1 heterocycles. The Morgan fingerprint density at radius 3 is 2.15 bits per heavy atom. The zero-order valence-corrected chi connectivity index (χ0v) is 15.8. The van der Waals surface area contributed by atoms with E-state index in [1.165, 1.54) is 12.1 Å². The molecule has 1 aliphatic heterocycles. The van der Waals surface area contributed by atoms with Crippen LogP contribution in [0.5, 0.6) is 11.5 Å². The standard InChI is InChI=1S/C19H22N2O5S/c1-21-13-11-19(12-14-21,18(22)20-23)27(24,25)17-9-7-16(8-10-17)26-15-5-3-2-4-6-15/h2-10,23H,11-14H2,1H3,(H,20,22). The number of amides is 1. The van der Waals surface area contributed by atoms with Crippen molar-refractivity contribution in [1.82, 2.24) is 10.4 Å². The van der Waals surface area contributed by atoms with Crippen LogP contribution < -0.4 is 10.2 Å². The third-order valence-corrected chi connectivity index (χ3v) is 7.45. The normalized spacial score (nSPS) is 17.3. The number of benzene rings is 2. The van der Waals surface area contributed by atoms with Gasteiger partial charge in [0.05, 0.1) is 4.90 Å². The van der Waals surface area contributed by atoms with Crippen LogP contribution in [0, 0.1) is 0 Å². The monoisotopic (exact) mass is 390 g/mol. The second kappa shape index (κ2) is 7.67. The quantitative estimate of drug-likeness (QED) is 0.600. The van der Waals surface area contributed by atoms with Crippen LogP contribution in [0.4, 0.5) is 0 Å². The second-order valence-electron chi connectivity index (χ2n) is 6.63. The Hall–Kier alpha value is -2.42. The maximum atomic E-state index is 13.3. The van der Waals surface area contributed by atoms with Crippen LogP contribution in [0.25, 0.3) is 0 Å². The molecular weight excluding hydrogens is 368 g/mol. The third-order valence-electron chi connectivity index (χ3n) is 4.94. The first kappa shape index (κ1) is 19.3. The molecule has 0 aromatic heterocycles. The Bertz CT molecular complexity index is 889. The van der Waals surface area contributed by atoms with Crippen molar-refractivity contribution < 1.29 is 23.2 Å². The molecule has 3 rings (SSSR count). The van der Waals surface area contributed by atoms with E-state index in [0.29, 0.717) is 24.6 Å². The van der Waals surface area contributed by atoms with Crippen LogP contribution in [0.1, 0.15) is 12.8 Å². The first-order valence-electron chi connectivity index (χ1n) is 8.60. The Morgan fingerprint density at radius 2 is 1.59 bits per heavy atom. The third kappa shape index (κ3) is 3.69. The van der Waals surface area contributed by atoms with Gasteiger partial charge in [-0.1, -0.05) is 18.2 Å². The molecule has 0 spiro atoms. The summed E-state index contributed by atoms with van der Waals surface area (Å²) in [7, 11) is -2.14. The molecule has 0 bridgehead atoms. The highest BCUT2D eigenvalue weighted by molar-refractivity contribution is 7.93. The SMILES string of the molecule is CN1CCC(C(=O)NO)(S(=O)(=O)c2ccc(Oc3ccccc3)cc2)CC1. The number of nitrogens with one attached hydrogen (secondary N) is 1. The topological polar surface area (TPSA) is 95.9 Å². The van der Waals surface area contributed by atoms with Crippen LogP contribution in [0.2, 0.25) is 0 Å². The van der Waals surface area contributed by atoms with Crippen molar-refractivity contribution in [3.05, 3.63) is 54.6 Å². The summed E-state index contributed by atoms with van der Waals surface area (Å²) in [6.07, 6.45) is 0.223. The molecule has 2 aromatic rings. The van der Waals surface area contributed by atoms with Crippen molar-refractivity contribution >= 4 is 15.7 Å². The minimum Gasteiger partial charge on any atom is -0.457 e. The zero-order valence-electron chi connectivity index (χ0n) is 15.0. The average Bonchev–Trinajstić information content (AvgIpc) is 2.69. The molecule has 0 atom stereocenters.